The van der Waals surface area contributed by atoms with Crippen molar-refractivity contribution in [3.8, 4) is 5.75 Å². The lowest BCUT2D eigenvalue weighted by Gasteiger charge is -2.28. The van der Waals surface area contributed by atoms with Gasteiger partial charge in [-0.1, -0.05) is 36.9 Å². The van der Waals surface area contributed by atoms with Crippen LogP contribution in [0.25, 0.3) is 11.3 Å². The number of nitrogens with one attached hydrogen (secondary N) is 1. The molecule has 0 aromatic heterocycles. The predicted octanol–water partition coefficient (Wildman–Crippen LogP) is 4.96. The van der Waals surface area contributed by atoms with Crippen LogP contribution in [0.3, 0.4) is 0 Å². The van der Waals surface area contributed by atoms with Crippen molar-refractivity contribution in [2.75, 3.05) is 7.11 Å². The van der Waals surface area contributed by atoms with E-state index >= 15 is 0 Å². The van der Waals surface area contributed by atoms with Crippen molar-refractivity contribution >= 4 is 22.9 Å². The summed E-state index contributed by atoms with van der Waals surface area (Å²) in [5.41, 5.74) is 2.32. The van der Waals surface area contributed by atoms with Crippen LogP contribution >= 0.6 is 11.6 Å². The van der Waals surface area contributed by atoms with Gasteiger partial charge in [0.15, 0.2) is 0 Å². The fraction of sp³-hybridized carbons (Fsp3) is 0.158. The highest BCUT2D eigenvalue weighted by Gasteiger charge is 2.27. The zero-order chi connectivity index (χ0) is 17.3. The Balaban J connectivity index is 2.23. The molecule has 1 atom stereocenters. The summed E-state index contributed by atoms with van der Waals surface area (Å²) >= 11 is 6.29. The van der Waals surface area contributed by atoms with E-state index in [0.29, 0.717) is 17.8 Å². The molecule has 1 aliphatic rings. The molecule has 2 nitrogen and oxygen atoms in total. The zero-order valence-electron chi connectivity index (χ0n) is 13.1. The number of alkyl halides is 1. The smallest absolute Gasteiger partial charge is 0.139 e. The molecule has 24 heavy (non-hydrogen) atoms. The van der Waals surface area contributed by atoms with E-state index in [4.69, 9.17) is 16.3 Å². The van der Waals surface area contributed by atoms with Crippen LogP contribution in [0.15, 0.2) is 54.7 Å². The quantitative estimate of drug-likeness (QED) is 0.793. The Morgan fingerprint density at radius 2 is 1.79 bits per heavy atom. The lowest BCUT2D eigenvalue weighted by atomic mass is 9.91. The van der Waals surface area contributed by atoms with Crippen LogP contribution in [0.5, 0.6) is 5.75 Å². The monoisotopic (exact) mass is 347 g/mol. The number of hydrogen-bond acceptors (Lipinski definition) is 2. The highest BCUT2D eigenvalue weighted by atomic mass is 35.5. The molecule has 3 rings (SSSR count). The van der Waals surface area contributed by atoms with Gasteiger partial charge in [-0.2, -0.15) is 0 Å². The van der Waals surface area contributed by atoms with Crippen molar-refractivity contribution in [3.63, 3.8) is 0 Å². The van der Waals surface area contributed by atoms with Gasteiger partial charge in [-0.25, -0.2) is 8.78 Å². The van der Waals surface area contributed by atoms with Gasteiger partial charge < -0.3 is 10.1 Å². The van der Waals surface area contributed by atoms with E-state index in [9.17, 15) is 8.78 Å². The highest BCUT2D eigenvalue weighted by molar-refractivity contribution is 6.23. The number of allylic oxidation sites excluding steroid dienone is 2. The minimum Gasteiger partial charge on any atom is -0.497 e. The van der Waals surface area contributed by atoms with E-state index in [1.165, 1.54) is 7.11 Å². The van der Waals surface area contributed by atoms with Gasteiger partial charge in [-0.15, -0.1) is 11.6 Å². The van der Waals surface area contributed by atoms with Gasteiger partial charge in [0.2, 0.25) is 0 Å². The first-order valence-electron chi connectivity index (χ1n) is 7.43. The van der Waals surface area contributed by atoms with Crippen molar-refractivity contribution in [2.45, 2.75) is 11.8 Å². The molecule has 0 bridgehead atoms. The van der Waals surface area contributed by atoms with Crippen molar-refractivity contribution in [1.29, 1.82) is 0 Å². The molecule has 1 heterocycles. The summed E-state index contributed by atoms with van der Waals surface area (Å²) in [6, 6.07) is 11.7. The Labute approximate surface area is 144 Å². The first kappa shape index (κ1) is 16.5. The normalized spacial score (nSPS) is 17.7. The molecule has 2 aromatic rings. The van der Waals surface area contributed by atoms with E-state index in [2.05, 4.69) is 11.9 Å². The predicted molar refractivity (Wildman–Crippen MR) is 92.7 cm³/mol. The van der Waals surface area contributed by atoms with Gasteiger partial charge >= 0.3 is 0 Å². The van der Waals surface area contributed by atoms with Crippen LogP contribution in [0, 0.1) is 11.6 Å². The van der Waals surface area contributed by atoms with Gasteiger partial charge in [0.1, 0.15) is 17.4 Å². The van der Waals surface area contributed by atoms with Crippen LogP contribution in [-0.2, 0) is 0 Å². The van der Waals surface area contributed by atoms with Gasteiger partial charge in [0.05, 0.1) is 23.7 Å². The minimum atomic E-state index is -0.705. The fourth-order valence-electron chi connectivity index (χ4n) is 2.74. The van der Waals surface area contributed by atoms with Gasteiger partial charge in [0, 0.05) is 17.8 Å². The summed E-state index contributed by atoms with van der Waals surface area (Å²) in [6.45, 7) is 3.85. The molecule has 1 unspecified atom stereocenters. The van der Waals surface area contributed by atoms with Crippen LogP contribution in [-0.4, -0.2) is 12.5 Å². The summed E-state index contributed by atoms with van der Waals surface area (Å²) in [6.07, 6.45) is 0.428. The van der Waals surface area contributed by atoms with Gasteiger partial charge in [-0.05, 0) is 17.6 Å². The van der Waals surface area contributed by atoms with E-state index in [1.807, 2.05) is 30.3 Å². The van der Waals surface area contributed by atoms with Crippen molar-refractivity contribution in [2.24, 2.45) is 0 Å². The van der Waals surface area contributed by atoms with E-state index in [0.717, 1.165) is 23.3 Å². The van der Waals surface area contributed by atoms with Crippen molar-refractivity contribution in [3.05, 3.63) is 77.5 Å². The Morgan fingerprint density at radius 1 is 1.17 bits per heavy atom. The third-order valence-corrected chi connectivity index (χ3v) is 4.39. The molecule has 124 valence electrons. The third-order valence-electron chi connectivity index (χ3n) is 3.97. The topological polar surface area (TPSA) is 21.3 Å². The van der Waals surface area contributed by atoms with Crippen molar-refractivity contribution in [1.82, 2.24) is 5.32 Å². The Hall–Kier alpha value is -2.33. The fourth-order valence-corrected chi connectivity index (χ4v) is 2.95. The maximum Gasteiger partial charge on any atom is 0.139 e. The Morgan fingerprint density at radius 3 is 2.38 bits per heavy atom. The second kappa shape index (κ2) is 6.65. The minimum absolute atomic E-state index is 0.125. The molecule has 0 radical (unpaired) electrons. The van der Waals surface area contributed by atoms with Crippen LogP contribution in [0.1, 0.15) is 17.5 Å². The zero-order valence-corrected chi connectivity index (χ0v) is 13.8. The summed E-state index contributed by atoms with van der Waals surface area (Å²) in [5, 5.41) is 2.63. The second-order valence-corrected chi connectivity index (χ2v) is 6.03. The van der Waals surface area contributed by atoms with E-state index in [1.54, 1.807) is 0 Å². The van der Waals surface area contributed by atoms with E-state index < -0.39 is 11.6 Å². The summed E-state index contributed by atoms with van der Waals surface area (Å²) in [4.78, 5) is 0. The van der Waals surface area contributed by atoms with Crippen LogP contribution in [0.4, 0.5) is 8.78 Å². The maximum absolute atomic E-state index is 14.5. The SMILES string of the molecule is C=C1NC(c2c(F)cc(OC)cc2F)=C(c2ccccc2)CC1Cl. The van der Waals surface area contributed by atoms with Crippen LogP contribution in [0.2, 0.25) is 0 Å². The first-order valence-corrected chi connectivity index (χ1v) is 7.86. The molecule has 0 fully saturated rings. The lowest BCUT2D eigenvalue weighted by Crippen LogP contribution is -2.26. The molecule has 1 N–H and O–H groups in total. The van der Waals surface area contributed by atoms with E-state index in [-0.39, 0.29) is 16.7 Å². The largest absolute Gasteiger partial charge is 0.497 e. The average Bonchev–Trinajstić information content (AvgIpc) is 2.57. The molecule has 0 aliphatic carbocycles. The molecule has 0 amide bonds. The Kier molecular flexibility index (Phi) is 4.58. The molecule has 5 heteroatoms. The number of halogens is 3. The number of methoxy groups -OCH3 is 1. The lowest BCUT2D eigenvalue weighted by molar-refractivity contribution is 0.406. The molecule has 0 spiro atoms. The molecule has 0 saturated carbocycles. The molecule has 1 aliphatic heterocycles. The maximum atomic E-state index is 14.5. The third kappa shape index (κ3) is 3.02. The Bertz CT molecular complexity index is 794. The number of hydrogen-bond donors (Lipinski definition) is 1. The number of benzene rings is 2. The highest BCUT2D eigenvalue weighted by Crippen LogP contribution is 2.38. The second-order valence-electron chi connectivity index (χ2n) is 5.51. The first-order chi connectivity index (χ1) is 11.5. The van der Waals surface area contributed by atoms with Gasteiger partial charge in [0.25, 0.3) is 0 Å². The molecule has 0 saturated heterocycles. The standard InChI is InChI=1S/C19H16ClF2NO/c1-11-15(20)10-14(12-6-4-3-5-7-12)19(23-11)18-16(21)8-13(24-2)9-17(18)22/h3-9,15,23H,1,10H2,2H3. The number of rotatable bonds is 3. The van der Waals surface area contributed by atoms with Crippen LogP contribution < -0.4 is 10.1 Å². The summed E-state index contributed by atoms with van der Waals surface area (Å²) < 4.78 is 34.0. The molecular weight excluding hydrogens is 332 g/mol. The van der Waals surface area contributed by atoms with Gasteiger partial charge in [-0.3, -0.25) is 0 Å². The molecule has 2 aromatic carbocycles. The van der Waals surface area contributed by atoms with Crippen molar-refractivity contribution < 1.29 is 13.5 Å². The summed E-state index contributed by atoms with van der Waals surface area (Å²) in [5.74, 6) is -1.28. The summed E-state index contributed by atoms with van der Waals surface area (Å²) in [7, 11) is 1.36. The average molecular weight is 348 g/mol. The number of ether oxygens (including phenoxy) is 1. The molecular formula is C19H16ClF2NO.